The second-order valence-electron chi connectivity index (χ2n) is 5.60. The number of para-hydroxylation sites is 1. The van der Waals surface area contributed by atoms with Crippen LogP contribution in [-0.2, 0) is 13.2 Å². The van der Waals surface area contributed by atoms with E-state index in [0.717, 1.165) is 11.1 Å². The first-order chi connectivity index (χ1) is 12.2. The summed E-state index contributed by atoms with van der Waals surface area (Å²) in [7, 11) is 0. The van der Waals surface area contributed by atoms with Crippen LogP contribution in [0.1, 0.15) is 16.7 Å². The Kier molecular flexibility index (Phi) is 5.32. The molecule has 3 rings (SSSR count). The molecule has 0 saturated carbocycles. The second-order valence-corrected chi connectivity index (χ2v) is 5.60. The average molecular weight is 332 g/mol. The molecule has 4 heteroatoms. The number of hydrogen-bond donors (Lipinski definition) is 2. The minimum atomic E-state index is -0.0479. The molecule has 0 amide bonds. The van der Waals surface area contributed by atoms with E-state index >= 15 is 0 Å². The zero-order chi connectivity index (χ0) is 17.5. The van der Waals surface area contributed by atoms with Crippen LogP contribution in [0.3, 0.4) is 0 Å². The van der Waals surface area contributed by atoms with Crippen molar-refractivity contribution in [1.82, 2.24) is 0 Å². The van der Waals surface area contributed by atoms with Crippen molar-refractivity contribution in [2.75, 3.05) is 0 Å². The third-order valence-corrected chi connectivity index (χ3v) is 3.73. The van der Waals surface area contributed by atoms with Gasteiger partial charge in [-0.2, -0.15) is 0 Å². The van der Waals surface area contributed by atoms with Crippen LogP contribution in [0.15, 0.2) is 78.9 Å². The Labute approximate surface area is 147 Å². The fraction of sp³-hybridized carbons (Fsp3) is 0.0952. The van der Waals surface area contributed by atoms with Crippen molar-refractivity contribution in [2.24, 2.45) is 5.73 Å². The van der Waals surface area contributed by atoms with Gasteiger partial charge in [0.1, 0.15) is 19.0 Å². The Bertz CT molecular complexity index is 833. The monoisotopic (exact) mass is 332 g/mol. The zero-order valence-electron chi connectivity index (χ0n) is 13.8. The van der Waals surface area contributed by atoms with Gasteiger partial charge in [-0.25, -0.2) is 0 Å². The van der Waals surface area contributed by atoms with Crippen LogP contribution in [0.25, 0.3) is 0 Å². The summed E-state index contributed by atoms with van der Waals surface area (Å²) < 4.78 is 11.9. The number of nitrogens with one attached hydrogen (secondary N) is 1. The van der Waals surface area contributed by atoms with Gasteiger partial charge in [0.2, 0.25) is 0 Å². The maximum atomic E-state index is 7.79. The summed E-state index contributed by atoms with van der Waals surface area (Å²) >= 11 is 0. The molecule has 3 aromatic carbocycles. The van der Waals surface area contributed by atoms with Gasteiger partial charge in [0.05, 0.1) is 5.56 Å². The number of hydrogen-bond acceptors (Lipinski definition) is 3. The fourth-order valence-electron chi connectivity index (χ4n) is 2.46. The molecule has 4 nitrogen and oxygen atoms in total. The van der Waals surface area contributed by atoms with E-state index in [4.69, 9.17) is 20.6 Å². The van der Waals surface area contributed by atoms with Crippen molar-refractivity contribution in [1.29, 1.82) is 5.41 Å². The van der Waals surface area contributed by atoms with Gasteiger partial charge in [-0.05, 0) is 23.3 Å². The fourth-order valence-corrected chi connectivity index (χ4v) is 2.46. The van der Waals surface area contributed by atoms with Crippen LogP contribution in [0.2, 0.25) is 0 Å². The molecule has 3 N–H and O–H groups in total. The minimum Gasteiger partial charge on any atom is -0.485 e. The van der Waals surface area contributed by atoms with Crippen molar-refractivity contribution in [2.45, 2.75) is 13.2 Å². The highest BCUT2D eigenvalue weighted by Gasteiger charge is 2.14. The van der Waals surface area contributed by atoms with Crippen LogP contribution in [0, 0.1) is 5.41 Å². The molecule has 0 bridgehead atoms. The van der Waals surface area contributed by atoms with E-state index in [1.54, 1.807) is 6.07 Å². The third kappa shape index (κ3) is 4.38. The lowest BCUT2D eigenvalue weighted by atomic mass is 10.1. The minimum absolute atomic E-state index is 0.0479. The highest BCUT2D eigenvalue weighted by molar-refractivity contribution is 5.98. The normalized spacial score (nSPS) is 10.2. The van der Waals surface area contributed by atoms with Crippen LogP contribution in [0.5, 0.6) is 11.5 Å². The van der Waals surface area contributed by atoms with E-state index in [-0.39, 0.29) is 5.84 Å². The van der Waals surface area contributed by atoms with E-state index < -0.39 is 0 Å². The van der Waals surface area contributed by atoms with Crippen molar-refractivity contribution >= 4 is 5.84 Å². The quantitative estimate of drug-likeness (QED) is 0.505. The van der Waals surface area contributed by atoms with Crippen LogP contribution in [-0.4, -0.2) is 5.84 Å². The highest BCUT2D eigenvalue weighted by Crippen LogP contribution is 2.32. The Morgan fingerprint density at radius 2 is 1.28 bits per heavy atom. The number of rotatable bonds is 7. The van der Waals surface area contributed by atoms with Crippen molar-refractivity contribution in [3.05, 3.63) is 95.6 Å². The maximum Gasteiger partial charge on any atom is 0.172 e. The predicted molar refractivity (Wildman–Crippen MR) is 99.0 cm³/mol. The Hall–Kier alpha value is -3.27. The van der Waals surface area contributed by atoms with Gasteiger partial charge >= 0.3 is 0 Å². The topological polar surface area (TPSA) is 68.3 Å². The second kappa shape index (κ2) is 8.02. The summed E-state index contributed by atoms with van der Waals surface area (Å²) in [6, 6.07) is 25.2. The summed E-state index contributed by atoms with van der Waals surface area (Å²) in [5.74, 6) is 1.02. The molecule has 0 saturated heterocycles. The molecule has 0 heterocycles. The zero-order valence-corrected chi connectivity index (χ0v) is 13.8. The Morgan fingerprint density at radius 3 is 1.84 bits per heavy atom. The molecule has 0 radical (unpaired) electrons. The van der Waals surface area contributed by atoms with Crippen LogP contribution in [0.4, 0.5) is 0 Å². The molecule has 0 aliphatic heterocycles. The molecule has 0 spiro atoms. The first-order valence-corrected chi connectivity index (χ1v) is 8.05. The molecule has 0 aromatic heterocycles. The Morgan fingerprint density at radius 1 is 0.720 bits per heavy atom. The average Bonchev–Trinajstić information content (AvgIpc) is 2.66. The first kappa shape index (κ1) is 16.6. The van der Waals surface area contributed by atoms with E-state index in [0.29, 0.717) is 30.3 Å². The summed E-state index contributed by atoms with van der Waals surface area (Å²) in [6.45, 7) is 0.802. The maximum absolute atomic E-state index is 7.79. The number of nitrogens with two attached hydrogens (primary N) is 1. The summed E-state index contributed by atoms with van der Waals surface area (Å²) in [5, 5.41) is 7.79. The molecule has 0 atom stereocenters. The molecule has 0 aliphatic carbocycles. The number of benzene rings is 3. The third-order valence-electron chi connectivity index (χ3n) is 3.73. The predicted octanol–water partition coefficient (Wildman–Crippen LogP) is 4.13. The van der Waals surface area contributed by atoms with Gasteiger partial charge in [0.15, 0.2) is 11.5 Å². The van der Waals surface area contributed by atoms with Gasteiger partial charge < -0.3 is 15.2 Å². The van der Waals surface area contributed by atoms with Crippen molar-refractivity contribution < 1.29 is 9.47 Å². The lowest BCUT2D eigenvalue weighted by Crippen LogP contribution is -2.14. The largest absolute Gasteiger partial charge is 0.485 e. The number of nitrogen functional groups attached to an aromatic ring is 1. The number of ether oxygens (including phenoxy) is 2. The van der Waals surface area contributed by atoms with Crippen LogP contribution < -0.4 is 15.2 Å². The Balaban J connectivity index is 1.81. The molecule has 0 unspecified atom stereocenters. The summed E-state index contributed by atoms with van der Waals surface area (Å²) in [6.07, 6.45) is 0. The van der Waals surface area contributed by atoms with E-state index in [9.17, 15) is 0 Å². The van der Waals surface area contributed by atoms with Gasteiger partial charge in [0, 0.05) is 0 Å². The SMILES string of the molecule is N=C(N)c1cccc(OCc2ccccc2)c1OCc1ccccc1. The van der Waals surface area contributed by atoms with E-state index in [1.165, 1.54) is 0 Å². The van der Waals surface area contributed by atoms with Gasteiger partial charge in [0.25, 0.3) is 0 Å². The summed E-state index contributed by atoms with van der Waals surface area (Å²) in [4.78, 5) is 0. The van der Waals surface area contributed by atoms with Crippen molar-refractivity contribution in [3.8, 4) is 11.5 Å². The first-order valence-electron chi connectivity index (χ1n) is 8.05. The molecule has 25 heavy (non-hydrogen) atoms. The van der Waals surface area contributed by atoms with Crippen molar-refractivity contribution in [3.63, 3.8) is 0 Å². The molecule has 126 valence electrons. The standard InChI is InChI=1S/C21H20N2O2/c22-21(23)18-12-7-13-19(24-14-16-8-3-1-4-9-16)20(18)25-15-17-10-5-2-6-11-17/h1-13H,14-15H2,(H3,22,23). The van der Waals surface area contributed by atoms with Gasteiger partial charge in [-0.1, -0.05) is 66.7 Å². The molecule has 0 fully saturated rings. The molecular weight excluding hydrogens is 312 g/mol. The smallest absolute Gasteiger partial charge is 0.172 e. The highest BCUT2D eigenvalue weighted by atomic mass is 16.5. The van der Waals surface area contributed by atoms with Gasteiger partial charge in [-0.15, -0.1) is 0 Å². The molecule has 3 aromatic rings. The molecule has 0 aliphatic rings. The number of amidine groups is 1. The van der Waals surface area contributed by atoms with Gasteiger partial charge in [-0.3, -0.25) is 5.41 Å². The molecular formula is C21H20N2O2. The van der Waals surface area contributed by atoms with E-state index in [2.05, 4.69) is 0 Å². The van der Waals surface area contributed by atoms with Crippen LogP contribution >= 0.6 is 0 Å². The summed E-state index contributed by atoms with van der Waals surface area (Å²) in [5.41, 5.74) is 8.33. The lowest BCUT2D eigenvalue weighted by molar-refractivity contribution is 0.255. The van der Waals surface area contributed by atoms with E-state index in [1.807, 2.05) is 72.8 Å². The lowest BCUT2D eigenvalue weighted by Gasteiger charge is -2.16.